The second-order valence-electron chi connectivity index (χ2n) is 4.57. The lowest BCUT2D eigenvalue weighted by atomic mass is 10.2. The predicted octanol–water partition coefficient (Wildman–Crippen LogP) is 2.73. The molecule has 2 N–H and O–H groups in total. The van der Waals surface area contributed by atoms with Crippen LogP contribution in [0.15, 0.2) is 24.3 Å². The summed E-state index contributed by atoms with van der Waals surface area (Å²) in [4.78, 5) is 8.75. The zero-order chi connectivity index (χ0) is 15.2. The molecule has 1 aromatic carbocycles. The van der Waals surface area contributed by atoms with E-state index >= 15 is 0 Å². The molecule has 0 aliphatic heterocycles. The first kappa shape index (κ1) is 15.1. The first-order chi connectivity index (χ1) is 10.2. The fourth-order valence-corrected chi connectivity index (χ4v) is 1.94. The van der Waals surface area contributed by atoms with Crippen LogP contribution in [0.3, 0.4) is 0 Å². The van der Waals surface area contributed by atoms with E-state index in [0.29, 0.717) is 18.2 Å². The number of anilines is 3. The number of rotatable bonds is 6. The number of benzene rings is 1. The van der Waals surface area contributed by atoms with Crippen molar-refractivity contribution < 1.29 is 9.47 Å². The van der Waals surface area contributed by atoms with Crippen LogP contribution in [0.25, 0.3) is 0 Å². The minimum Gasteiger partial charge on any atom is -0.495 e. The van der Waals surface area contributed by atoms with E-state index in [2.05, 4.69) is 20.6 Å². The molecule has 21 heavy (non-hydrogen) atoms. The fraction of sp³-hybridized carbons (Fsp3) is 0.333. The van der Waals surface area contributed by atoms with Gasteiger partial charge in [-0.15, -0.1) is 0 Å². The van der Waals surface area contributed by atoms with Crippen molar-refractivity contribution in [2.24, 2.45) is 0 Å². The van der Waals surface area contributed by atoms with Crippen LogP contribution in [0.2, 0.25) is 0 Å². The van der Waals surface area contributed by atoms with Crippen LogP contribution in [-0.2, 0) is 11.3 Å². The first-order valence-electron chi connectivity index (χ1n) is 6.62. The number of hydrogen-bond donors (Lipinski definition) is 2. The highest BCUT2D eigenvalue weighted by molar-refractivity contribution is 5.66. The lowest BCUT2D eigenvalue weighted by Gasteiger charge is -2.13. The summed E-state index contributed by atoms with van der Waals surface area (Å²) in [6.45, 7) is 2.38. The van der Waals surface area contributed by atoms with Gasteiger partial charge in [0, 0.05) is 20.2 Å². The van der Waals surface area contributed by atoms with Crippen LogP contribution in [0, 0.1) is 6.92 Å². The number of aromatic nitrogens is 2. The van der Waals surface area contributed by atoms with E-state index in [-0.39, 0.29) is 0 Å². The monoisotopic (exact) mass is 288 g/mol. The van der Waals surface area contributed by atoms with Gasteiger partial charge in [-0.3, -0.25) is 0 Å². The molecule has 0 atom stereocenters. The summed E-state index contributed by atoms with van der Waals surface area (Å²) in [5, 5.41) is 6.28. The number of ether oxygens (including phenoxy) is 2. The largest absolute Gasteiger partial charge is 0.495 e. The Morgan fingerprint density at radius 2 is 1.86 bits per heavy atom. The van der Waals surface area contributed by atoms with Gasteiger partial charge in [0.2, 0.25) is 0 Å². The van der Waals surface area contributed by atoms with Gasteiger partial charge in [-0.2, -0.15) is 0 Å². The van der Waals surface area contributed by atoms with Crippen molar-refractivity contribution in [3.63, 3.8) is 0 Å². The van der Waals surface area contributed by atoms with Crippen LogP contribution in [0.4, 0.5) is 17.3 Å². The van der Waals surface area contributed by atoms with Crippen LogP contribution in [0.1, 0.15) is 11.4 Å². The molecule has 0 saturated heterocycles. The normalized spacial score (nSPS) is 10.3. The molecule has 0 radical (unpaired) electrons. The SMILES string of the molecule is CNc1cc(Nc2cc(C)ccc2OC)nc(COC)n1. The third-order valence-corrected chi connectivity index (χ3v) is 2.92. The highest BCUT2D eigenvalue weighted by Gasteiger charge is 2.08. The summed E-state index contributed by atoms with van der Waals surface area (Å²) >= 11 is 0. The van der Waals surface area contributed by atoms with Gasteiger partial charge in [0.1, 0.15) is 24.0 Å². The topological polar surface area (TPSA) is 68.3 Å². The van der Waals surface area contributed by atoms with Crippen LogP contribution in [-0.4, -0.2) is 31.2 Å². The zero-order valence-corrected chi connectivity index (χ0v) is 12.7. The summed E-state index contributed by atoms with van der Waals surface area (Å²) in [6, 6.07) is 7.77. The second kappa shape index (κ2) is 6.90. The Kier molecular flexibility index (Phi) is 4.94. The van der Waals surface area contributed by atoms with Crippen LogP contribution >= 0.6 is 0 Å². The van der Waals surface area contributed by atoms with E-state index in [9.17, 15) is 0 Å². The molecular weight excluding hydrogens is 268 g/mol. The Hall–Kier alpha value is -2.34. The van der Waals surface area contributed by atoms with Crippen molar-refractivity contribution in [1.82, 2.24) is 9.97 Å². The zero-order valence-electron chi connectivity index (χ0n) is 12.7. The van der Waals surface area contributed by atoms with Gasteiger partial charge >= 0.3 is 0 Å². The lowest BCUT2D eigenvalue weighted by Crippen LogP contribution is -2.05. The molecule has 0 saturated carbocycles. The Morgan fingerprint density at radius 1 is 1.10 bits per heavy atom. The van der Waals surface area contributed by atoms with Crippen molar-refractivity contribution in [2.45, 2.75) is 13.5 Å². The number of nitrogens with one attached hydrogen (secondary N) is 2. The lowest BCUT2D eigenvalue weighted by molar-refractivity contribution is 0.178. The van der Waals surface area contributed by atoms with E-state index in [4.69, 9.17) is 9.47 Å². The molecule has 0 unspecified atom stereocenters. The van der Waals surface area contributed by atoms with Crippen molar-refractivity contribution in [1.29, 1.82) is 0 Å². The van der Waals surface area contributed by atoms with E-state index in [1.807, 2.05) is 38.2 Å². The average Bonchev–Trinajstić information content (AvgIpc) is 2.47. The van der Waals surface area contributed by atoms with Gasteiger partial charge in [0.05, 0.1) is 12.8 Å². The Morgan fingerprint density at radius 3 is 2.52 bits per heavy atom. The summed E-state index contributed by atoms with van der Waals surface area (Å²) < 4.78 is 10.5. The highest BCUT2D eigenvalue weighted by atomic mass is 16.5. The minimum absolute atomic E-state index is 0.356. The summed E-state index contributed by atoms with van der Waals surface area (Å²) in [6.07, 6.45) is 0. The second-order valence-corrected chi connectivity index (χ2v) is 4.57. The maximum Gasteiger partial charge on any atom is 0.158 e. The molecule has 2 rings (SSSR count). The Bertz CT molecular complexity index is 617. The van der Waals surface area contributed by atoms with Gasteiger partial charge < -0.3 is 20.1 Å². The van der Waals surface area contributed by atoms with Gasteiger partial charge in [0.15, 0.2) is 5.82 Å². The van der Waals surface area contributed by atoms with Crippen LogP contribution < -0.4 is 15.4 Å². The van der Waals surface area contributed by atoms with Gasteiger partial charge in [-0.1, -0.05) is 6.07 Å². The number of methoxy groups -OCH3 is 2. The number of aryl methyl sites for hydroxylation is 1. The van der Waals surface area contributed by atoms with E-state index in [1.54, 1.807) is 14.2 Å². The standard InChI is InChI=1S/C15H20N4O2/c1-10-5-6-12(21-4)11(7-10)17-14-8-13(16-2)18-15(19-14)9-20-3/h5-8H,9H2,1-4H3,(H2,16,17,18,19). The molecule has 6 nitrogen and oxygen atoms in total. The molecule has 0 bridgehead atoms. The smallest absolute Gasteiger partial charge is 0.158 e. The molecule has 0 aliphatic carbocycles. The molecule has 2 aromatic rings. The van der Waals surface area contributed by atoms with Crippen molar-refractivity contribution >= 4 is 17.3 Å². The van der Waals surface area contributed by atoms with Crippen molar-refractivity contribution in [3.8, 4) is 5.75 Å². The highest BCUT2D eigenvalue weighted by Crippen LogP contribution is 2.28. The molecule has 1 aromatic heterocycles. The maximum absolute atomic E-state index is 5.36. The third-order valence-electron chi connectivity index (χ3n) is 2.92. The van der Waals surface area contributed by atoms with Gasteiger partial charge in [-0.25, -0.2) is 9.97 Å². The van der Waals surface area contributed by atoms with Gasteiger partial charge in [-0.05, 0) is 24.6 Å². The third kappa shape index (κ3) is 3.82. The van der Waals surface area contributed by atoms with E-state index in [0.717, 1.165) is 22.8 Å². The Balaban J connectivity index is 2.34. The summed E-state index contributed by atoms with van der Waals surface area (Å²) in [5.41, 5.74) is 2.00. The predicted molar refractivity (Wildman–Crippen MR) is 83.3 cm³/mol. The van der Waals surface area contributed by atoms with E-state index in [1.165, 1.54) is 0 Å². The average molecular weight is 288 g/mol. The maximum atomic E-state index is 5.36. The Labute approximate surface area is 124 Å². The quantitative estimate of drug-likeness (QED) is 0.852. The molecule has 6 heteroatoms. The molecule has 0 aliphatic rings. The number of hydrogen-bond acceptors (Lipinski definition) is 6. The molecule has 1 heterocycles. The molecule has 0 spiro atoms. The number of nitrogens with zero attached hydrogens (tertiary/aromatic N) is 2. The molecular formula is C15H20N4O2. The minimum atomic E-state index is 0.356. The first-order valence-corrected chi connectivity index (χ1v) is 6.62. The molecule has 0 amide bonds. The summed E-state index contributed by atoms with van der Waals surface area (Å²) in [5.74, 6) is 2.79. The van der Waals surface area contributed by atoms with E-state index < -0.39 is 0 Å². The summed E-state index contributed by atoms with van der Waals surface area (Å²) in [7, 11) is 5.08. The van der Waals surface area contributed by atoms with Crippen molar-refractivity contribution in [3.05, 3.63) is 35.7 Å². The molecule has 0 fully saturated rings. The fourth-order valence-electron chi connectivity index (χ4n) is 1.94. The van der Waals surface area contributed by atoms with Gasteiger partial charge in [0.25, 0.3) is 0 Å². The van der Waals surface area contributed by atoms with Crippen LogP contribution in [0.5, 0.6) is 5.75 Å². The molecule has 112 valence electrons. The van der Waals surface area contributed by atoms with Crippen molar-refractivity contribution in [2.75, 3.05) is 31.9 Å².